The first-order valence-electron chi connectivity index (χ1n) is 15.0. The molecular weight excluding hydrogens is 567 g/mol. The van der Waals surface area contributed by atoms with Gasteiger partial charge in [0.25, 0.3) is 0 Å². The van der Waals surface area contributed by atoms with E-state index in [0.717, 1.165) is 39.2 Å². The molecule has 0 aliphatic carbocycles. The maximum atomic E-state index is 5.24. The molecular formula is C41H25N3S. The SMILES string of the molecule is c1cncc(-c2ccc(-c3nc(-c4ccc5sc6ccccc6c5c4)cc(-c4cc5ccccc5c5ccccc45)n3)cc2)c1. The lowest BCUT2D eigenvalue weighted by Gasteiger charge is -2.13. The zero-order valence-electron chi connectivity index (χ0n) is 24.2. The van der Waals surface area contributed by atoms with E-state index in [9.17, 15) is 0 Å². The minimum atomic E-state index is 0.702. The van der Waals surface area contributed by atoms with Gasteiger partial charge in [-0.25, -0.2) is 9.97 Å². The van der Waals surface area contributed by atoms with Crippen molar-refractivity contribution in [1.29, 1.82) is 0 Å². The first-order chi connectivity index (χ1) is 22.3. The number of nitrogens with zero attached hydrogens (tertiary/aromatic N) is 3. The second kappa shape index (κ2) is 10.5. The highest BCUT2D eigenvalue weighted by Crippen LogP contribution is 2.39. The lowest BCUT2D eigenvalue weighted by atomic mass is 9.95. The highest BCUT2D eigenvalue weighted by molar-refractivity contribution is 7.25. The van der Waals surface area contributed by atoms with Crippen LogP contribution in [0.1, 0.15) is 0 Å². The van der Waals surface area contributed by atoms with Gasteiger partial charge in [0.2, 0.25) is 0 Å². The van der Waals surface area contributed by atoms with Crippen molar-refractivity contribution >= 4 is 53.1 Å². The second-order valence-electron chi connectivity index (χ2n) is 11.3. The predicted molar refractivity (Wildman–Crippen MR) is 189 cm³/mol. The highest BCUT2D eigenvalue weighted by Gasteiger charge is 2.16. The molecule has 0 amide bonds. The van der Waals surface area contributed by atoms with Crippen LogP contribution in [0.25, 0.3) is 86.7 Å². The molecule has 0 saturated heterocycles. The molecule has 210 valence electrons. The summed E-state index contributed by atoms with van der Waals surface area (Å²) < 4.78 is 2.58. The van der Waals surface area contributed by atoms with Gasteiger partial charge in [0.15, 0.2) is 5.82 Å². The maximum absolute atomic E-state index is 5.24. The molecule has 3 aromatic heterocycles. The van der Waals surface area contributed by atoms with E-state index in [-0.39, 0.29) is 0 Å². The van der Waals surface area contributed by atoms with Gasteiger partial charge in [0, 0.05) is 49.3 Å². The van der Waals surface area contributed by atoms with Crippen LogP contribution in [0.3, 0.4) is 0 Å². The van der Waals surface area contributed by atoms with E-state index in [2.05, 4.69) is 138 Å². The molecule has 0 spiro atoms. The molecule has 0 saturated carbocycles. The highest BCUT2D eigenvalue weighted by atomic mass is 32.1. The van der Waals surface area contributed by atoms with E-state index >= 15 is 0 Å². The third kappa shape index (κ3) is 4.46. The molecule has 9 aromatic rings. The molecule has 9 rings (SSSR count). The van der Waals surface area contributed by atoms with Gasteiger partial charge in [-0.3, -0.25) is 4.98 Å². The average molecular weight is 592 g/mol. The Morgan fingerprint density at radius 3 is 1.96 bits per heavy atom. The topological polar surface area (TPSA) is 38.7 Å². The van der Waals surface area contributed by atoms with Crippen LogP contribution in [0, 0.1) is 0 Å². The molecule has 6 aromatic carbocycles. The van der Waals surface area contributed by atoms with Gasteiger partial charge in [-0.1, -0.05) is 103 Å². The molecule has 0 bridgehead atoms. The number of thiophene rings is 1. The van der Waals surface area contributed by atoms with Gasteiger partial charge in [0.1, 0.15) is 0 Å². The molecule has 4 heteroatoms. The third-order valence-electron chi connectivity index (χ3n) is 8.58. The van der Waals surface area contributed by atoms with Gasteiger partial charge in [-0.15, -0.1) is 11.3 Å². The molecule has 0 atom stereocenters. The lowest BCUT2D eigenvalue weighted by molar-refractivity contribution is 1.19. The van der Waals surface area contributed by atoms with Gasteiger partial charge in [-0.2, -0.15) is 0 Å². The number of rotatable bonds is 4. The zero-order chi connectivity index (χ0) is 29.7. The van der Waals surface area contributed by atoms with E-state index < -0.39 is 0 Å². The van der Waals surface area contributed by atoms with Gasteiger partial charge in [-0.05, 0) is 69.1 Å². The van der Waals surface area contributed by atoms with Crippen LogP contribution >= 0.6 is 11.3 Å². The molecule has 45 heavy (non-hydrogen) atoms. The summed E-state index contributed by atoms with van der Waals surface area (Å²) in [5.74, 6) is 0.702. The van der Waals surface area contributed by atoms with Gasteiger partial charge >= 0.3 is 0 Å². The Morgan fingerprint density at radius 1 is 0.422 bits per heavy atom. The number of pyridine rings is 1. The summed E-state index contributed by atoms with van der Waals surface area (Å²) >= 11 is 1.83. The maximum Gasteiger partial charge on any atom is 0.160 e. The molecule has 0 fully saturated rings. The van der Waals surface area contributed by atoms with Crippen LogP contribution in [-0.4, -0.2) is 15.0 Å². The van der Waals surface area contributed by atoms with E-state index in [0.29, 0.717) is 5.82 Å². The fraction of sp³-hybridized carbons (Fsp3) is 0. The summed E-state index contributed by atoms with van der Waals surface area (Å²) in [6, 6.07) is 49.5. The minimum absolute atomic E-state index is 0.702. The Morgan fingerprint density at radius 2 is 1.11 bits per heavy atom. The zero-order valence-corrected chi connectivity index (χ0v) is 25.0. The van der Waals surface area contributed by atoms with Crippen molar-refractivity contribution in [2.24, 2.45) is 0 Å². The number of aromatic nitrogens is 3. The first-order valence-corrected chi connectivity index (χ1v) is 15.8. The van der Waals surface area contributed by atoms with Crippen molar-refractivity contribution in [2.45, 2.75) is 0 Å². The molecule has 0 N–H and O–H groups in total. The average Bonchev–Trinajstić information content (AvgIpc) is 3.49. The first kappa shape index (κ1) is 25.8. The smallest absolute Gasteiger partial charge is 0.160 e. The number of hydrogen-bond donors (Lipinski definition) is 0. The van der Waals surface area contributed by atoms with E-state index in [1.165, 1.54) is 41.7 Å². The monoisotopic (exact) mass is 591 g/mol. The van der Waals surface area contributed by atoms with Gasteiger partial charge < -0.3 is 0 Å². The van der Waals surface area contributed by atoms with Crippen molar-refractivity contribution in [1.82, 2.24) is 15.0 Å². The molecule has 3 nitrogen and oxygen atoms in total. The standard InChI is InChI=1S/C41H25N3S/c1-2-10-31-28(8-1)22-35(33-12-4-3-11-32(31)33)38-24-37(29-19-20-40-36(23-29)34-13-5-6-14-39(34)45-40)43-41(44-38)27-17-15-26(16-18-27)30-9-7-21-42-25-30/h1-25H. The molecule has 0 aliphatic rings. The molecule has 3 heterocycles. The molecule has 0 aliphatic heterocycles. The van der Waals surface area contributed by atoms with Crippen LogP contribution < -0.4 is 0 Å². The van der Waals surface area contributed by atoms with Crippen LogP contribution in [0.2, 0.25) is 0 Å². The van der Waals surface area contributed by atoms with Crippen LogP contribution in [0.4, 0.5) is 0 Å². The van der Waals surface area contributed by atoms with E-state index in [4.69, 9.17) is 9.97 Å². The fourth-order valence-corrected chi connectivity index (χ4v) is 7.45. The molecule has 0 unspecified atom stereocenters. The van der Waals surface area contributed by atoms with E-state index in [1.807, 2.05) is 23.6 Å². The number of fused-ring (bicyclic) bond motifs is 6. The number of benzene rings is 6. The summed E-state index contributed by atoms with van der Waals surface area (Å²) in [5.41, 5.74) is 7.15. The second-order valence-corrected chi connectivity index (χ2v) is 12.4. The summed E-state index contributed by atoms with van der Waals surface area (Å²) in [4.78, 5) is 14.7. The largest absolute Gasteiger partial charge is 0.264 e. The Bertz CT molecular complexity index is 2530. The Hall–Kier alpha value is -5.71. The van der Waals surface area contributed by atoms with Crippen LogP contribution in [-0.2, 0) is 0 Å². The van der Waals surface area contributed by atoms with Crippen molar-refractivity contribution < 1.29 is 0 Å². The van der Waals surface area contributed by atoms with Gasteiger partial charge in [0.05, 0.1) is 11.4 Å². The fourth-order valence-electron chi connectivity index (χ4n) is 6.36. The normalized spacial score (nSPS) is 11.6. The van der Waals surface area contributed by atoms with Crippen LogP contribution in [0.15, 0.2) is 152 Å². The Balaban J connectivity index is 1.27. The summed E-state index contributed by atoms with van der Waals surface area (Å²) in [7, 11) is 0. The summed E-state index contributed by atoms with van der Waals surface area (Å²) in [6.45, 7) is 0. The lowest BCUT2D eigenvalue weighted by Crippen LogP contribution is -1.97. The van der Waals surface area contributed by atoms with E-state index in [1.54, 1.807) is 6.20 Å². The minimum Gasteiger partial charge on any atom is -0.264 e. The van der Waals surface area contributed by atoms with Crippen molar-refractivity contribution in [3.05, 3.63) is 152 Å². The predicted octanol–water partition coefficient (Wildman–Crippen LogP) is 11.2. The van der Waals surface area contributed by atoms with Crippen molar-refractivity contribution in [3.8, 4) is 45.0 Å². The van der Waals surface area contributed by atoms with Crippen LogP contribution in [0.5, 0.6) is 0 Å². The molecule has 0 radical (unpaired) electrons. The van der Waals surface area contributed by atoms with Crippen molar-refractivity contribution in [2.75, 3.05) is 0 Å². The summed E-state index contributed by atoms with van der Waals surface area (Å²) in [6.07, 6.45) is 3.69. The number of hydrogen-bond acceptors (Lipinski definition) is 4. The summed E-state index contributed by atoms with van der Waals surface area (Å²) in [5, 5.41) is 7.37. The Kier molecular flexibility index (Phi) is 6.00. The third-order valence-corrected chi connectivity index (χ3v) is 9.73. The Labute approximate surface area is 264 Å². The quantitative estimate of drug-likeness (QED) is 0.191. The van der Waals surface area contributed by atoms with Crippen molar-refractivity contribution in [3.63, 3.8) is 0 Å².